The maximum atomic E-state index is 13.2. The van der Waals surface area contributed by atoms with Gasteiger partial charge in [-0.25, -0.2) is 4.39 Å². The number of hydrogen-bond acceptors (Lipinski definition) is 4. The number of halogens is 1. The second kappa shape index (κ2) is 9.93. The van der Waals surface area contributed by atoms with Gasteiger partial charge in [-0.15, -0.1) is 0 Å². The van der Waals surface area contributed by atoms with E-state index in [4.69, 9.17) is 12.2 Å². The molecule has 162 valence electrons. The summed E-state index contributed by atoms with van der Waals surface area (Å²) in [5, 5.41) is 3.29. The first-order valence-corrected chi connectivity index (χ1v) is 11.5. The summed E-state index contributed by atoms with van der Waals surface area (Å²) < 4.78 is 14.7. The minimum Gasteiger partial charge on any atom is -0.351 e. The average Bonchev–Trinajstić information content (AvgIpc) is 2.80. The van der Waals surface area contributed by atoms with Crippen LogP contribution in [0.25, 0.3) is 16.6 Å². The van der Waals surface area contributed by atoms with Gasteiger partial charge in [0.25, 0.3) is 11.5 Å². The van der Waals surface area contributed by atoms with Crippen LogP contribution in [0, 0.1) is 10.6 Å². The predicted molar refractivity (Wildman–Crippen MR) is 130 cm³/mol. The highest BCUT2D eigenvalue weighted by Crippen LogP contribution is 2.14. The van der Waals surface area contributed by atoms with Gasteiger partial charge in [-0.2, -0.15) is 11.8 Å². The molecule has 1 heterocycles. The third-order valence-electron chi connectivity index (χ3n) is 4.89. The number of fused-ring (bicyclic) bond motifs is 1. The van der Waals surface area contributed by atoms with E-state index >= 15 is 0 Å². The maximum Gasteiger partial charge on any atom is 0.266 e. The van der Waals surface area contributed by atoms with Gasteiger partial charge in [0, 0.05) is 23.6 Å². The lowest BCUT2D eigenvalue weighted by molar-refractivity contribution is 0.0956. The first-order valence-electron chi connectivity index (χ1n) is 9.98. The number of aromatic amines is 1. The number of thioether (sulfide) groups is 1. The van der Waals surface area contributed by atoms with Crippen LogP contribution in [0.3, 0.4) is 0 Å². The van der Waals surface area contributed by atoms with Crippen molar-refractivity contribution < 1.29 is 9.18 Å². The Hall–Kier alpha value is -3.23. The topological polar surface area (TPSA) is 66.9 Å². The van der Waals surface area contributed by atoms with Gasteiger partial charge in [-0.3, -0.25) is 14.2 Å². The Kier molecular flexibility index (Phi) is 6.82. The number of carbonyl (C=O) groups excluding carboxylic acids is 1. The number of rotatable bonds is 7. The van der Waals surface area contributed by atoms with Crippen LogP contribution in [0.2, 0.25) is 0 Å². The molecule has 0 bridgehead atoms. The molecular weight excluding hydrogens is 445 g/mol. The lowest BCUT2D eigenvalue weighted by Gasteiger charge is -2.10. The van der Waals surface area contributed by atoms with Gasteiger partial charge in [0.1, 0.15) is 5.82 Å². The van der Waals surface area contributed by atoms with Crippen molar-refractivity contribution in [2.24, 2.45) is 0 Å². The third kappa shape index (κ3) is 4.98. The van der Waals surface area contributed by atoms with E-state index in [-0.39, 0.29) is 16.2 Å². The fraction of sp³-hybridized carbons (Fsp3) is 0.125. The van der Waals surface area contributed by atoms with Gasteiger partial charge in [-0.1, -0.05) is 30.3 Å². The minimum absolute atomic E-state index is 0.170. The molecule has 8 heteroatoms. The molecule has 0 fully saturated rings. The first kappa shape index (κ1) is 22.0. The van der Waals surface area contributed by atoms with E-state index < -0.39 is 5.82 Å². The van der Waals surface area contributed by atoms with Crippen molar-refractivity contribution in [3.8, 4) is 5.69 Å². The predicted octanol–water partition coefficient (Wildman–Crippen LogP) is 4.85. The molecule has 0 aliphatic carbocycles. The normalized spacial score (nSPS) is 10.9. The fourth-order valence-electron chi connectivity index (χ4n) is 3.29. The van der Waals surface area contributed by atoms with Crippen molar-refractivity contribution in [2.45, 2.75) is 5.75 Å². The summed E-state index contributed by atoms with van der Waals surface area (Å²) >= 11 is 7.09. The van der Waals surface area contributed by atoms with Crippen molar-refractivity contribution in [1.82, 2.24) is 14.9 Å². The van der Waals surface area contributed by atoms with Crippen LogP contribution in [-0.2, 0) is 5.75 Å². The summed E-state index contributed by atoms with van der Waals surface area (Å²) in [6.45, 7) is 0.538. The van der Waals surface area contributed by atoms with Gasteiger partial charge in [0.05, 0.1) is 16.6 Å². The van der Waals surface area contributed by atoms with Crippen molar-refractivity contribution in [2.75, 3.05) is 12.3 Å². The molecule has 0 radical (unpaired) electrons. The number of carbonyl (C=O) groups is 1. The Labute approximate surface area is 193 Å². The van der Waals surface area contributed by atoms with E-state index in [9.17, 15) is 14.0 Å². The SMILES string of the molecule is O=C(NCCSCc1ccccc1)c1ccc2c(=O)n(-c3ccc(F)cc3)c(=S)[nH]c2c1. The Bertz CT molecular complexity index is 1370. The highest BCUT2D eigenvalue weighted by atomic mass is 32.2. The van der Waals surface area contributed by atoms with Crippen molar-refractivity contribution >= 4 is 40.8 Å². The van der Waals surface area contributed by atoms with Crippen molar-refractivity contribution in [3.63, 3.8) is 0 Å². The maximum absolute atomic E-state index is 13.2. The molecule has 0 saturated heterocycles. The van der Waals surface area contributed by atoms with Crippen LogP contribution in [0.15, 0.2) is 77.6 Å². The number of nitrogens with one attached hydrogen (secondary N) is 2. The van der Waals surface area contributed by atoms with E-state index in [0.717, 1.165) is 11.5 Å². The molecule has 0 aliphatic heterocycles. The molecule has 3 aromatic carbocycles. The Balaban J connectivity index is 1.45. The van der Waals surface area contributed by atoms with E-state index in [0.29, 0.717) is 28.7 Å². The molecule has 1 aromatic heterocycles. The second-order valence-corrected chi connectivity index (χ2v) is 8.59. The largest absolute Gasteiger partial charge is 0.351 e. The highest BCUT2D eigenvalue weighted by Gasteiger charge is 2.11. The third-order valence-corrected chi connectivity index (χ3v) is 6.20. The summed E-state index contributed by atoms with van der Waals surface area (Å²) in [7, 11) is 0. The molecule has 0 saturated carbocycles. The van der Waals surface area contributed by atoms with Gasteiger partial charge in [0.2, 0.25) is 0 Å². The van der Waals surface area contributed by atoms with Gasteiger partial charge in [-0.05, 0) is 60.2 Å². The minimum atomic E-state index is -0.397. The number of aromatic nitrogens is 2. The quantitative estimate of drug-likeness (QED) is 0.302. The summed E-state index contributed by atoms with van der Waals surface area (Å²) in [5.41, 5.74) is 2.30. The van der Waals surface area contributed by atoms with Gasteiger partial charge < -0.3 is 10.3 Å². The van der Waals surface area contributed by atoms with E-state index in [2.05, 4.69) is 22.4 Å². The number of benzene rings is 3. The summed E-state index contributed by atoms with van der Waals surface area (Å²) in [5.74, 6) is 1.07. The molecule has 0 aliphatic rings. The van der Waals surface area contributed by atoms with Crippen molar-refractivity contribution in [3.05, 3.63) is 105 Å². The molecule has 0 atom stereocenters. The second-order valence-electron chi connectivity index (χ2n) is 7.10. The number of H-pyrrole nitrogens is 1. The molecule has 32 heavy (non-hydrogen) atoms. The Morgan fingerprint density at radius 3 is 2.56 bits per heavy atom. The lowest BCUT2D eigenvalue weighted by atomic mass is 10.1. The van der Waals surface area contributed by atoms with Crippen LogP contribution >= 0.6 is 24.0 Å². The molecule has 5 nitrogen and oxygen atoms in total. The standard InChI is InChI=1S/C24H20FN3O2S2/c25-18-7-9-19(10-8-18)28-23(30)20-11-6-17(14-21(20)27-24(28)31)22(29)26-12-13-32-15-16-4-2-1-3-5-16/h1-11,14H,12-13,15H2,(H,26,29)(H,27,31). The zero-order valence-electron chi connectivity index (χ0n) is 17.0. The lowest BCUT2D eigenvalue weighted by Crippen LogP contribution is -2.26. The highest BCUT2D eigenvalue weighted by molar-refractivity contribution is 7.98. The summed E-state index contributed by atoms with van der Waals surface area (Å²) in [6, 6.07) is 20.5. The summed E-state index contributed by atoms with van der Waals surface area (Å²) in [6.07, 6.45) is 0. The van der Waals surface area contributed by atoms with Crippen LogP contribution in [0.1, 0.15) is 15.9 Å². The Morgan fingerprint density at radius 2 is 1.81 bits per heavy atom. The molecule has 2 N–H and O–H groups in total. The van der Waals surface area contributed by atoms with Crippen molar-refractivity contribution in [1.29, 1.82) is 0 Å². The average molecular weight is 466 g/mol. The van der Waals surface area contributed by atoms with Gasteiger partial charge in [0.15, 0.2) is 4.77 Å². The summed E-state index contributed by atoms with van der Waals surface area (Å²) in [4.78, 5) is 28.5. The Morgan fingerprint density at radius 1 is 1.06 bits per heavy atom. The fourth-order valence-corrected chi connectivity index (χ4v) is 4.40. The van der Waals surface area contributed by atoms with Crippen LogP contribution in [0.4, 0.5) is 4.39 Å². The molecular formula is C24H20FN3O2S2. The zero-order valence-corrected chi connectivity index (χ0v) is 18.6. The molecule has 0 unspecified atom stereocenters. The number of amides is 1. The molecule has 4 aromatic rings. The molecule has 1 amide bonds. The van der Waals surface area contributed by atoms with Crippen LogP contribution in [-0.4, -0.2) is 27.8 Å². The van der Waals surface area contributed by atoms with Gasteiger partial charge >= 0.3 is 0 Å². The zero-order chi connectivity index (χ0) is 22.5. The smallest absolute Gasteiger partial charge is 0.266 e. The van der Waals surface area contributed by atoms with Crippen LogP contribution in [0.5, 0.6) is 0 Å². The number of nitrogens with zero attached hydrogens (tertiary/aromatic N) is 1. The monoisotopic (exact) mass is 465 g/mol. The van der Waals surface area contributed by atoms with E-state index in [1.807, 2.05) is 18.2 Å². The van der Waals surface area contributed by atoms with E-state index in [1.165, 1.54) is 34.4 Å². The molecule has 0 spiro atoms. The van der Waals surface area contributed by atoms with E-state index in [1.54, 1.807) is 30.0 Å². The molecule has 4 rings (SSSR count). The first-order chi connectivity index (χ1) is 15.5. The van der Waals surface area contributed by atoms with Crippen LogP contribution < -0.4 is 10.9 Å². The number of hydrogen-bond donors (Lipinski definition) is 2.